The van der Waals surface area contributed by atoms with Gasteiger partial charge in [-0.15, -0.1) is 0 Å². The Labute approximate surface area is 191 Å². The Kier molecular flexibility index (Phi) is 5.42. The summed E-state index contributed by atoms with van der Waals surface area (Å²) in [5, 5.41) is 15.5. The fraction of sp³-hybridized carbons (Fsp3) is 0.240. The number of nitrogens with zero attached hydrogens (tertiary/aromatic N) is 2. The molecule has 164 valence electrons. The van der Waals surface area contributed by atoms with Crippen molar-refractivity contribution >= 4 is 34.9 Å². The minimum absolute atomic E-state index is 0.0125. The average Bonchev–Trinajstić information content (AvgIpc) is 3.28. The first-order valence-electron chi connectivity index (χ1n) is 10.2. The molecule has 1 aliphatic rings. The summed E-state index contributed by atoms with van der Waals surface area (Å²) in [6.45, 7) is 8.01. The summed E-state index contributed by atoms with van der Waals surface area (Å²) in [6.07, 6.45) is 0. The van der Waals surface area contributed by atoms with Crippen molar-refractivity contribution in [2.75, 3.05) is 4.90 Å². The largest absolute Gasteiger partial charge is 0.507 e. The number of carbonyl (C=O) groups is 2. The van der Waals surface area contributed by atoms with E-state index >= 15 is 0 Å². The second-order valence-corrected chi connectivity index (χ2v) is 9.28. The third kappa shape index (κ3) is 3.82. The SMILES string of the molecule is Cc1cc(N2C(=O)C(=O)/C(=C(/O)c3ccc(Cl)cc3)C2c2ccc(C(C)(C)C)cc2)no1. The maximum absolute atomic E-state index is 13.1. The number of carbonyl (C=O) groups excluding carboxylic acids is 2. The lowest BCUT2D eigenvalue weighted by Crippen LogP contribution is -2.29. The fourth-order valence-corrected chi connectivity index (χ4v) is 3.91. The van der Waals surface area contributed by atoms with Gasteiger partial charge in [-0.25, -0.2) is 0 Å². The van der Waals surface area contributed by atoms with Gasteiger partial charge in [-0.2, -0.15) is 0 Å². The molecule has 1 amide bonds. The molecule has 1 N–H and O–H groups in total. The van der Waals surface area contributed by atoms with Crippen LogP contribution in [0.3, 0.4) is 0 Å². The van der Waals surface area contributed by atoms with E-state index in [1.165, 1.54) is 4.90 Å². The molecule has 7 heteroatoms. The molecule has 32 heavy (non-hydrogen) atoms. The number of aromatic nitrogens is 1. The standard InChI is InChI=1S/C25H23ClN2O4/c1-14-13-19(27-32-14)28-21(15-5-9-17(10-6-15)25(2,3)4)20(23(30)24(28)31)22(29)16-7-11-18(26)12-8-16/h5-13,21,29H,1-4H3/b22-20+. The molecule has 2 heterocycles. The highest BCUT2D eigenvalue weighted by molar-refractivity contribution is 6.51. The zero-order chi connectivity index (χ0) is 23.2. The van der Waals surface area contributed by atoms with Gasteiger partial charge in [0.25, 0.3) is 5.78 Å². The minimum Gasteiger partial charge on any atom is -0.507 e. The first kappa shape index (κ1) is 21.8. The molecule has 0 bridgehead atoms. The molecule has 0 aliphatic carbocycles. The number of halogens is 1. The zero-order valence-electron chi connectivity index (χ0n) is 18.2. The highest BCUT2D eigenvalue weighted by atomic mass is 35.5. The van der Waals surface area contributed by atoms with Crippen LogP contribution in [0.25, 0.3) is 5.76 Å². The van der Waals surface area contributed by atoms with Crippen LogP contribution < -0.4 is 4.90 Å². The molecule has 1 fully saturated rings. The van der Waals surface area contributed by atoms with E-state index in [1.807, 2.05) is 24.3 Å². The summed E-state index contributed by atoms with van der Waals surface area (Å²) >= 11 is 5.96. The third-order valence-electron chi connectivity index (χ3n) is 5.52. The molecule has 1 saturated heterocycles. The fourth-order valence-electron chi connectivity index (χ4n) is 3.78. The minimum atomic E-state index is -0.857. The van der Waals surface area contributed by atoms with Gasteiger partial charge in [0.05, 0.1) is 11.6 Å². The van der Waals surface area contributed by atoms with Gasteiger partial charge in [-0.05, 0) is 47.7 Å². The molecule has 1 unspecified atom stereocenters. The smallest absolute Gasteiger partial charge is 0.301 e. The van der Waals surface area contributed by atoms with Crippen LogP contribution in [0.2, 0.25) is 5.02 Å². The number of anilines is 1. The molecule has 3 aromatic rings. The van der Waals surface area contributed by atoms with Gasteiger partial charge in [0, 0.05) is 16.7 Å². The van der Waals surface area contributed by atoms with Crippen LogP contribution in [0.1, 0.15) is 49.3 Å². The van der Waals surface area contributed by atoms with Crippen LogP contribution in [0.15, 0.2) is 64.7 Å². The van der Waals surface area contributed by atoms with Gasteiger partial charge in [-0.1, -0.05) is 61.8 Å². The Balaban J connectivity index is 1.91. The lowest BCUT2D eigenvalue weighted by molar-refractivity contribution is -0.132. The molecule has 1 aliphatic heterocycles. The van der Waals surface area contributed by atoms with E-state index in [2.05, 4.69) is 25.9 Å². The summed E-state index contributed by atoms with van der Waals surface area (Å²) in [4.78, 5) is 27.4. The molecule has 1 atom stereocenters. The average molecular weight is 451 g/mol. The third-order valence-corrected chi connectivity index (χ3v) is 5.77. The molecule has 6 nitrogen and oxygen atoms in total. The van der Waals surface area contributed by atoms with Gasteiger partial charge in [0.2, 0.25) is 0 Å². The van der Waals surface area contributed by atoms with E-state index in [-0.39, 0.29) is 22.6 Å². The Bertz CT molecular complexity index is 1220. The van der Waals surface area contributed by atoms with Crippen molar-refractivity contribution < 1.29 is 19.2 Å². The normalized spacial score (nSPS) is 18.4. The van der Waals surface area contributed by atoms with E-state index in [9.17, 15) is 14.7 Å². The van der Waals surface area contributed by atoms with Crippen LogP contribution in [0.4, 0.5) is 5.82 Å². The van der Waals surface area contributed by atoms with E-state index in [4.69, 9.17) is 16.1 Å². The molecule has 1 aromatic heterocycles. The highest BCUT2D eigenvalue weighted by Crippen LogP contribution is 2.42. The Morgan fingerprint density at radius 2 is 1.69 bits per heavy atom. The predicted octanol–water partition coefficient (Wildman–Crippen LogP) is 5.56. The topological polar surface area (TPSA) is 83.6 Å². The highest BCUT2D eigenvalue weighted by Gasteiger charge is 2.48. The van der Waals surface area contributed by atoms with E-state index in [0.29, 0.717) is 21.9 Å². The Hall–Kier alpha value is -3.38. The lowest BCUT2D eigenvalue weighted by Gasteiger charge is -2.24. The van der Waals surface area contributed by atoms with Crippen LogP contribution >= 0.6 is 11.6 Å². The molecule has 0 spiro atoms. The predicted molar refractivity (Wildman–Crippen MR) is 123 cm³/mol. The van der Waals surface area contributed by atoms with Crippen molar-refractivity contribution in [1.82, 2.24) is 5.16 Å². The number of aliphatic hydroxyl groups excluding tert-OH is 1. The maximum atomic E-state index is 13.1. The second kappa shape index (κ2) is 7.95. The molecule has 2 aromatic carbocycles. The van der Waals surface area contributed by atoms with Gasteiger partial charge < -0.3 is 9.63 Å². The number of aliphatic hydroxyl groups is 1. The molecule has 4 rings (SSSR count). The number of hydrogen-bond donors (Lipinski definition) is 1. The van der Waals surface area contributed by atoms with Crippen molar-refractivity contribution in [2.45, 2.75) is 39.2 Å². The molecular formula is C25H23ClN2O4. The summed E-state index contributed by atoms with van der Waals surface area (Å²) in [5.41, 5.74) is 2.09. The lowest BCUT2D eigenvalue weighted by atomic mass is 9.85. The van der Waals surface area contributed by atoms with Crippen LogP contribution in [0.5, 0.6) is 0 Å². The maximum Gasteiger partial charge on any atom is 0.301 e. The summed E-state index contributed by atoms with van der Waals surface area (Å²) in [6, 6.07) is 14.8. The van der Waals surface area contributed by atoms with E-state index in [1.54, 1.807) is 37.3 Å². The Morgan fingerprint density at radius 1 is 1.06 bits per heavy atom. The van der Waals surface area contributed by atoms with Crippen molar-refractivity contribution in [3.05, 3.63) is 87.6 Å². The van der Waals surface area contributed by atoms with Crippen molar-refractivity contribution in [3.8, 4) is 0 Å². The van der Waals surface area contributed by atoms with Crippen LogP contribution in [-0.4, -0.2) is 22.0 Å². The van der Waals surface area contributed by atoms with Gasteiger partial charge in [0.1, 0.15) is 11.5 Å². The number of aryl methyl sites for hydroxylation is 1. The monoisotopic (exact) mass is 450 g/mol. The quantitative estimate of drug-likeness (QED) is 0.321. The summed E-state index contributed by atoms with van der Waals surface area (Å²) in [5.74, 6) is -1.12. The van der Waals surface area contributed by atoms with Crippen molar-refractivity contribution in [3.63, 3.8) is 0 Å². The van der Waals surface area contributed by atoms with Gasteiger partial charge in [-0.3, -0.25) is 14.5 Å². The number of amides is 1. The number of Topliss-reactive ketones (excluding diaryl/α,β-unsaturated/α-hetero) is 1. The molecule has 0 radical (unpaired) electrons. The number of benzene rings is 2. The number of rotatable bonds is 3. The first-order chi connectivity index (χ1) is 15.1. The Morgan fingerprint density at radius 3 is 2.22 bits per heavy atom. The molecular weight excluding hydrogens is 428 g/mol. The van der Waals surface area contributed by atoms with Crippen molar-refractivity contribution in [2.24, 2.45) is 0 Å². The second-order valence-electron chi connectivity index (χ2n) is 8.84. The van der Waals surface area contributed by atoms with Crippen LogP contribution in [0, 0.1) is 6.92 Å². The van der Waals surface area contributed by atoms with Crippen molar-refractivity contribution in [1.29, 1.82) is 0 Å². The van der Waals surface area contributed by atoms with E-state index < -0.39 is 17.7 Å². The van der Waals surface area contributed by atoms with Crippen LogP contribution in [-0.2, 0) is 15.0 Å². The summed E-state index contributed by atoms with van der Waals surface area (Å²) in [7, 11) is 0. The molecule has 0 saturated carbocycles. The van der Waals surface area contributed by atoms with Gasteiger partial charge in [0.15, 0.2) is 5.82 Å². The summed E-state index contributed by atoms with van der Waals surface area (Å²) < 4.78 is 5.15. The number of ketones is 1. The zero-order valence-corrected chi connectivity index (χ0v) is 19.0. The first-order valence-corrected chi connectivity index (χ1v) is 10.6. The number of hydrogen-bond acceptors (Lipinski definition) is 5. The van der Waals surface area contributed by atoms with Gasteiger partial charge >= 0.3 is 5.91 Å². The van der Waals surface area contributed by atoms with E-state index in [0.717, 1.165) is 5.56 Å².